The van der Waals surface area contributed by atoms with Gasteiger partial charge in [0.2, 0.25) is 0 Å². The molecule has 3 aromatic rings. The van der Waals surface area contributed by atoms with Crippen molar-refractivity contribution >= 4 is 27.9 Å². The van der Waals surface area contributed by atoms with Crippen LogP contribution in [0.3, 0.4) is 0 Å². The number of H-pyrrole nitrogens is 1. The molecular formula is C21H19FN4O3. The zero-order chi connectivity index (χ0) is 20.4. The van der Waals surface area contributed by atoms with Crippen molar-refractivity contribution in [3.63, 3.8) is 0 Å². The second kappa shape index (κ2) is 7.84. The Balaban J connectivity index is 1.88. The average molecular weight is 394 g/mol. The van der Waals surface area contributed by atoms with E-state index in [0.29, 0.717) is 29.9 Å². The number of hydrogen-bond donors (Lipinski definition) is 2. The van der Waals surface area contributed by atoms with E-state index in [9.17, 15) is 14.0 Å². The van der Waals surface area contributed by atoms with Crippen molar-refractivity contribution in [2.75, 3.05) is 31.7 Å². The van der Waals surface area contributed by atoms with Crippen LogP contribution in [0.15, 0.2) is 59.1 Å². The molecule has 0 aliphatic carbocycles. The number of methoxy groups -OCH3 is 1. The Kier molecular flexibility index (Phi) is 5.09. The quantitative estimate of drug-likeness (QED) is 0.623. The molecule has 0 atom stereocenters. The van der Waals surface area contributed by atoms with Crippen LogP contribution in [0.4, 0.5) is 10.1 Å². The Bertz CT molecular complexity index is 1170. The lowest BCUT2D eigenvalue weighted by molar-refractivity contribution is -0.112. The van der Waals surface area contributed by atoms with Crippen molar-refractivity contribution in [2.45, 2.75) is 0 Å². The van der Waals surface area contributed by atoms with E-state index >= 15 is 0 Å². The Morgan fingerprint density at radius 2 is 1.93 bits per heavy atom. The maximum atomic E-state index is 14.4. The number of carbonyl (C=O) groups excluding carboxylic acids is 1. The summed E-state index contributed by atoms with van der Waals surface area (Å²) in [4.78, 5) is 34.1. The third-order valence-corrected chi connectivity index (χ3v) is 4.68. The molecule has 29 heavy (non-hydrogen) atoms. The number of nitrogens with one attached hydrogen (secondary N) is 2. The maximum absolute atomic E-state index is 14.4. The molecule has 1 aliphatic heterocycles. The molecule has 2 aromatic carbocycles. The maximum Gasteiger partial charge on any atom is 0.259 e. The highest BCUT2D eigenvalue weighted by molar-refractivity contribution is 6.26. The van der Waals surface area contributed by atoms with E-state index in [4.69, 9.17) is 4.74 Å². The predicted molar refractivity (Wildman–Crippen MR) is 108 cm³/mol. The number of nitrogens with zero attached hydrogens (tertiary/aromatic N) is 2. The van der Waals surface area contributed by atoms with Gasteiger partial charge in [0, 0.05) is 13.7 Å². The van der Waals surface area contributed by atoms with Gasteiger partial charge in [-0.2, -0.15) is 0 Å². The number of Topliss-reactive ketones (excluding diaryl/α,β-unsaturated/α-hetero) is 1. The van der Waals surface area contributed by atoms with Gasteiger partial charge in [-0.1, -0.05) is 24.3 Å². The van der Waals surface area contributed by atoms with Gasteiger partial charge in [-0.25, -0.2) is 9.37 Å². The number of fused-ring (bicyclic) bond motifs is 1. The molecule has 1 aliphatic rings. The summed E-state index contributed by atoms with van der Waals surface area (Å²) in [7, 11) is 1.56. The van der Waals surface area contributed by atoms with E-state index in [-0.39, 0.29) is 35.0 Å². The second-order valence-corrected chi connectivity index (χ2v) is 6.54. The molecule has 2 N–H and O–H groups in total. The number of ether oxygens (including phenoxy) is 1. The molecule has 0 saturated carbocycles. The van der Waals surface area contributed by atoms with Crippen molar-refractivity contribution in [3.8, 4) is 0 Å². The molecule has 7 nitrogen and oxygen atoms in total. The van der Waals surface area contributed by atoms with E-state index in [1.54, 1.807) is 54.5 Å². The molecule has 1 aromatic heterocycles. The first-order valence-corrected chi connectivity index (χ1v) is 9.12. The van der Waals surface area contributed by atoms with Crippen LogP contribution in [-0.4, -0.2) is 42.6 Å². The topological polar surface area (TPSA) is 87.3 Å². The van der Waals surface area contributed by atoms with E-state index in [1.807, 2.05) is 0 Å². The van der Waals surface area contributed by atoms with Gasteiger partial charge in [-0.05, 0) is 24.3 Å². The first kappa shape index (κ1) is 18.8. The number of ketones is 1. The molecule has 8 heteroatoms. The summed E-state index contributed by atoms with van der Waals surface area (Å²) in [5.74, 6) is -0.188. The Labute approximate surface area is 165 Å². The second-order valence-electron chi connectivity index (χ2n) is 6.54. The van der Waals surface area contributed by atoms with E-state index in [1.165, 1.54) is 6.07 Å². The Hall–Kier alpha value is -3.52. The van der Waals surface area contributed by atoms with Crippen LogP contribution in [0.2, 0.25) is 0 Å². The Morgan fingerprint density at radius 3 is 2.72 bits per heavy atom. The van der Waals surface area contributed by atoms with Crippen molar-refractivity contribution in [1.29, 1.82) is 0 Å². The minimum atomic E-state index is -0.451. The minimum absolute atomic E-state index is 0.0673. The van der Waals surface area contributed by atoms with E-state index < -0.39 is 5.82 Å². The number of halogens is 1. The van der Waals surface area contributed by atoms with Crippen molar-refractivity contribution in [1.82, 2.24) is 15.3 Å². The smallest absolute Gasteiger partial charge is 0.259 e. The molecule has 4 rings (SSSR count). The fourth-order valence-electron chi connectivity index (χ4n) is 3.35. The van der Waals surface area contributed by atoms with Gasteiger partial charge >= 0.3 is 0 Å². The van der Waals surface area contributed by atoms with E-state index in [2.05, 4.69) is 15.3 Å². The van der Waals surface area contributed by atoms with Gasteiger partial charge in [-0.15, -0.1) is 0 Å². The summed E-state index contributed by atoms with van der Waals surface area (Å²) in [6, 6.07) is 13.1. The number of hydrogen-bond acceptors (Lipinski definition) is 6. The van der Waals surface area contributed by atoms with Gasteiger partial charge in [0.15, 0.2) is 5.78 Å². The number of anilines is 1. The third-order valence-electron chi connectivity index (χ3n) is 4.68. The van der Waals surface area contributed by atoms with Crippen molar-refractivity contribution in [3.05, 3.63) is 76.3 Å². The monoisotopic (exact) mass is 394 g/mol. The summed E-state index contributed by atoms with van der Waals surface area (Å²) < 4.78 is 19.5. The first-order chi connectivity index (χ1) is 14.1. The van der Waals surface area contributed by atoms with Gasteiger partial charge in [0.25, 0.3) is 5.56 Å². The molecule has 2 heterocycles. The van der Waals surface area contributed by atoms with Crippen LogP contribution in [0, 0.1) is 5.82 Å². The molecule has 0 saturated heterocycles. The SMILES string of the molecule is COCCNC1=C(c2nc3ccccc3c(=O)[nH]2)C(=O)CN1c1ccccc1F. The highest BCUT2D eigenvalue weighted by Gasteiger charge is 2.34. The minimum Gasteiger partial charge on any atom is -0.383 e. The molecule has 0 unspecified atom stereocenters. The lowest BCUT2D eigenvalue weighted by Gasteiger charge is -2.23. The van der Waals surface area contributed by atoms with Crippen LogP contribution >= 0.6 is 0 Å². The molecule has 148 valence electrons. The molecule has 0 amide bonds. The zero-order valence-corrected chi connectivity index (χ0v) is 15.7. The summed E-state index contributed by atoms with van der Waals surface area (Å²) in [5, 5.41) is 3.57. The van der Waals surface area contributed by atoms with Gasteiger partial charge < -0.3 is 19.9 Å². The standard InChI is InChI=1S/C21H19FN4O3/c1-29-11-10-23-20-18(17(27)12-26(20)16-9-5-3-7-14(16)22)19-24-15-8-4-2-6-13(15)21(28)25-19/h2-9,23H,10-12H2,1H3,(H,24,25,28). The first-order valence-electron chi connectivity index (χ1n) is 9.12. The van der Waals surface area contributed by atoms with Crippen LogP contribution in [0.5, 0.6) is 0 Å². The zero-order valence-electron chi connectivity index (χ0n) is 15.7. The molecule has 0 fully saturated rings. The lowest BCUT2D eigenvalue weighted by atomic mass is 10.1. The van der Waals surface area contributed by atoms with Gasteiger partial charge in [-0.3, -0.25) is 9.59 Å². The number of benzene rings is 2. The van der Waals surface area contributed by atoms with Gasteiger partial charge in [0.05, 0.1) is 29.7 Å². The average Bonchev–Trinajstić information content (AvgIpc) is 3.04. The predicted octanol–water partition coefficient (Wildman–Crippen LogP) is 2.06. The number of para-hydroxylation sites is 2. The summed E-state index contributed by atoms with van der Waals surface area (Å²) >= 11 is 0. The van der Waals surface area contributed by atoms with E-state index in [0.717, 1.165) is 0 Å². The highest BCUT2D eigenvalue weighted by atomic mass is 19.1. The highest BCUT2D eigenvalue weighted by Crippen LogP contribution is 2.31. The molecule has 0 spiro atoms. The van der Waals surface area contributed by atoms with Gasteiger partial charge in [0.1, 0.15) is 23.0 Å². The normalized spacial score (nSPS) is 14.1. The third kappa shape index (κ3) is 3.50. The fraction of sp³-hybridized carbons (Fsp3) is 0.190. The summed E-state index contributed by atoms with van der Waals surface area (Å²) in [6.45, 7) is 0.714. The van der Waals surface area contributed by atoms with Crippen LogP contribution in [-0.2, 0) is 9.53 Å². The Morgan fingerprint density at radius 1 is 1.17 bits per heavy atom. The molecule has 0 radical (unpaired) electrons. The van der Waals surface area contributed by atoms with Crippen LogP contribution < -0.4 is 15.8 Å². The summed E-state index contributed by atoms with van der Waals surface area (Å²) in [5.41, 5.74) is 0.615. The number of rotatable bonds is 6. The van der Waals surface area contributed by atoms with Crippen LogP contribution in [0.25, 0.3) is 16.5 Å². The number of aromatic nitrogens is 2. The number of aromatic amines is 1. The summed E-state index contributed by atoms with van der Waals surface area (Å²) in [6.07, 6.45) is 0. The number of carbonyl (C=O) groups is 1. The van der Waals surface area contributed by atoms with Crippen LogP contribution in [0.1, 0.15) is 5.82 Å². The van der Waals surface area contributed by atoms with Crippen molar-refractivity contribution in [2.24, 2.45) is 0 Å². The lowest BCUT2D eigenvalue weighted by Crippen LogP contribution is -2.32. The fourth-order valence-corrected chi connectivity index (χ4v) is 3.35. The molecular weight excluding hydrogens is 375 g/mol. The largest absolute Gasteiger partial charge is 0.383 e. The van der Waals surface area contributed by atoms with Crippen molar-refractivity contribution < 1.29 is 13.9 Å². The molecule has 0 bridgehead atoms.